The lowest BCUT2D eigenvalue weighted by atomic mass is 10.1. The first kappa shape index (κ1) is 16.2. The maximum Gasteiger partial charge on any atom is 0.282 e. The van der Waals surface area contributed by atoms with Gasteiger partial charge >= 0.3 is 0 Å². The Balaban J connectivity index is 1.92. The summed E-state index contributed by atoms with van der Waals surface area (Å²) in [5.41, 5.74) is 0. The molecule has 0 aromatic carbocycles. The van der Waals surface area contributed by atoms with Crippen LogP contribution < -0.4 is 5.32 Å². The molecule has 0 radical (unpaired) electrons. The van der Waals surface area contributed by atoms with E-state index in [-0.39, 0.29) is 0 Å². The Morgan fingerprint density at radius 3 is 2.00 bits per heavy atom. The van der Waals surface area contributed by atoms with Crippen molar-refractivity contribution in [3.8, 4) is 0 Å². The molecule has 2 rings (SSSR count). The Bertz CT molecular complexity index is 383. The molecule has 0 atom stereocenters. The van der Waals surface area contributed by atoms with Crippen LogP contribution in [0.15, 0.2) is 0 Å². The summed E-state index contributed by atoms with van der Waals surface area (Å²) in [5, 5.41) is 3.27. The van der Waals surface area contributed by atoms with Crippen LogP contribution in [0.1, 0.15) is 26.7 Å². The SMILES string of the molecule is CCCN(CCC)S(=O)(=O)N1CCN(C2CNC2)CC1. The zero-order valence-corrected chi connectivity index (χ0v) is 13.5. The molecule has 2 aliphatic rings. The molecule has 20 heavy (non-hydrogen) atoms. The van der Waals surface area contributed by atoms with Crippen LogP contribution in [-0.2, 0) is 10.2 Å². The van der Waals surface area contributed by atoms with Gasteiger partial charge in [0.05, 0.1) is 0 Å². The molecular weight excluding hydrogens is 276 g/mol. The van der Waals surface area contributed by atoms with Crippen molar-refractivity contribution < 1.29 is 8.42 Å². The highest BCUT2D eigenvalue weighted by atomic mass is 32.2. The molecule has 0 amide bonds. The average molecular weight is 304 g/mol. The summed E-state index contributed by atoms with van der Waals surface area (Å²) >= 11 is 0. The topological polar surface area (TPSA) is 55.9 Å². The Kier molecular flexibility index (Phi) is 5.80. The zero-order valence-electron chi connectivity index (χ0n) is 12.7. The molecule has 0 unspecified atom stereocenters. The minimum atomic E-state index is -3.26. The third-order valence-electron chi connectivity index (χ3n) is 4.15. The summed E-state index contributed by atoms with van der Waals surface area (Å²) in [6.07, 6.45) is 1.74. The molecule has 0 bridgehead atoms. The molecule has 0 saturated carbocycles. The van der Waals surface area contributed by atoms with Crippen molar-refractivity contribution in [2.45, 2.75) is 32.7 Å². The van der Waals surface area contributed by atoms with E-state index in [2.05, 4.69) is 10.2 Å². The van der Waals surface area contributed by atoms with Crippen molar-refractivity contribution in [2.24, 2.45) is 0 Å². The van der Waals surface area contributed by atoms with Gasteiger partial charge in [-0.25, -0.2) is 0 Å². The lowest BCUT2D eigenvalue weighted by Crippen LogP contribution is -2.62. The highest BCUT2D eigenvalue weighted by Gasteiger charge is 2.34. The van der Waals surface area contributed by atoms with Gasteiger partial charge in [-0.3, -0.25) is 4.90 Å². The predicted molar refractivity (Wildman–Crippen MR) is 80.9 cm³/mol. The van der Waals surface area contributed by atoms with Crippen molar-refractivity contribution in [1.29, 1.82) is 0 Å². The Hall–Kier alpha value is -0.210. The van der Waals surface area contributed by atoms with E-state index in [4.69, 9.17) is 0 Å². The first-order valence-corrected chi connectivity index (χ1v) is 9.19. The van der Waals surface area contributed by atoms with Gasteiger partial charge < -0.3 is 5.32 Å². The first-order chi connectivity index (χ1) is 9.59. The number of hydrogen-bond donors (Lipinski definition) is 1. The smallest absolute Gasteiger partial charge is 0.282 e. The Morgan fingerprint density at radius 1 is 1.05 bits per heavy atom. The summed E-state index contributed by atoms with van der Waals surface area (Å²) in [7, 11) is -3.26. The summed E-state index contributed by atoms with van der Waals surface area (Å²) < 4.78 is 28.6. The van der Waals surface area contributed by atoms with Crippen LogP contribution in [0.5, 0.6) is 0 Å². The fourth-order valence-electron chi connectivity index (χ4n) is 2.84. The van der Waals surface area contributed by atoms with Gasteiger partial charge in [-0.05, 0) is 12.8 Å². The molecular formula is C13H28N4O2S. The van der Waals surface area contributed by atoms with E-state index in [9.17, 15) is 8.42 Å². The maximum atomic E-state index is 12.6. The van der Waals surface area contributed by atoms with Gasteiger partial charge in [-0.15, -0.1) is 0 Å². The fraction of sp³-hybridized carbons (Fsp3) is 1.00. The van der Waals surface area contributed by atoms with E-state index in [1.165, 1.54) is 0 Å². The standard InChI is InChI=1S/C13H28N4O2S/c1-3-5-16(6-4-2)20(18,19)17-9-7-15(8-10-17)13-11-14-12-13/h13-14H,3-12H2,1-2H3. The number of nitrogens with one attached hydrogen (secondary N) is 1. The molecule has 0 aromatic rings. The van der Waals surface area contributed by atoms with E-state index >= 15 is 0 Å². The van der Waals surface area contributed by atoms with Gasteiger partial charge in [0.1, 0.15) is 0 Å². The lowest BCUT2D eigenvalue weighted by Gasteiger charge is -2.43. The van der Waals surface area contributed by atoms with Gasteiger partial charge in [0, 0.05) is 58.4 Å². The average Bonchev–Trinajstić information content (AvgIpc) is 2.37. The Morgan fingerprint density at radius 2 is 1.60 bits per heavy atom. The second-order valence-corrected chi connectivity index (χ2v) is 7.58. The fourth-order valence-corrected chi connectivity index (χ4v) is 4.61. The summed E-state index contributed by atoms with van der Waals surface area (Å²) in [6.45, 7) is 10.4. The molecule has 0 aliphatic carbocycles. The molecule has 0 spiro atoms. The highest BCUT2D eigenvalue weighted by Crippen LogP contribution is 2.16. The molecule has 6 nitrogen and oxygen atoms in total. The molecule has 0 aromatic heterocycles. The van der Waals surface area contributed by atoms with Gasteiger partial charge in [0.2, 0.25) is 0 Å². The molecule has 2 heterocycles. The van der Waals surface area contributed by atoms with E-state index < -0.39 is 10.2 Å². The normalized spacial score (nSPS) is 23.1. The second-order valence-electron chi connectivity index (χ2n) is 5.65. The summed E-state index contributed by atoms with van der Waals surface area (Å²) in [5.74, 6) is 0. The molecule has 7 heteroatoms. The molecule has 2 fully saturated rings. The maximum absolute atomic E-state index is 12.6. The molecule has 2 saturated heterocycles. The third-order valence-corrected chi connectivity index (χ3v) is 6.18. The van der Waals surface area contributed by atoms with Crippen LogP contribution in [0.25, 0.3) is 0 Å². The van der Waals surface area contributed by atoms with Gasteiger partial charge in [-0.2, -0.15) is 17.0 Å². The third kappa shape index (κ3) is 3.51. The van der Waals surface area contributed by atoms with Crippen LogP contribution in [0.3, 0.4) is 0 Å². The van der Waals surface area contributed by atoms with Crippen LogP contribution in [-0.4, -0.2) is 80.3 Å². The van der Waals surface area contributed by atoms with E-state index in [1.54, 1.807) is 8.61 Å². The van der Waals surface area contributed by atoms with Crippen molar-refractivity contribution in [3.63, 3.8) is 0 Å². The lowest BCUT2D eigenvalue weighted by molar-refractivity contribution is 0.101. The Labute approximate surface area is 123 Å². The number of hydrogen-bond acceptors (Lipinski definition) is 4. The number of piperazine rings is 1. The van der Waals surface area contributed by atoms with Crippen LogP contribution >= 0.6 is 0 Å². The van der Waals surface area contributed by atoms with Crippen molar-refractivity contribution in [1.82, 2.24) is 18.8 Å². The first-order valence-electron chi connectivity index (χ1n) is 7.79. The molecule has 1 N–H and O–H groups in total. The number of rotatable bonds is 7. The zero-order chi connectivity index (χ0) is 14.6. The molecule has 2 aliphatic heterocycles. The molecule has 118 valence electrons. The van der Waals surface area contributed by atoms with E-state index in [0.29, 0.717) is 32.2 Å². The van der Waals surface area contributed by atoms with E-state index in [1.807, 2.05) is 13.8 Å². The number of nitrogens with zero attached hydrogens (tertiary/aromatic N) is 3. The van der Waals surface area contributed by atoms with Gasteiger partial charge in [0.15, 0.2) is 0 Å². The summed E-state index contributed by atoms with van der Waals surface area (Å²) in [6, 6.07) is 0.613. The van der Waals surface area contributed by atoms with Crippen molar-refractivity contribution in [2.75, 3.05) is 52.4 Å². The van der Waals surface area contributed by atoms with E-state index in [0.717, 1.165) is 39.0 Å². The monoisotopic (exact) mass is 304 g/mol. The highest BCUT2D eigenvalue weighted by molar-refractivity contribution is 7.86. The van der Waals surface area contributed by atoms with Gasteiger partial charge in [-0.1, -0.05) is 13.8 Å². The van der Waals surface area contributed by atoms with Crippen LogP contribution in [0.4, 0.5) is 0 Å². The second kappa shape index (κ2) is 7.17. The van der Waals surface area contributed by atoms with Crippen molar-refractivity contribution >= 4 is 10.2 Å². The predicted octanol–water partition coefficient (Wildman–Crippen LogP) is -0.0574. The van der Waals surface area contributed by atoms with Crippen LogP contribution in [0, 0.1) is 0 Å². The van der Waals surface area contributed by atoms with Gasteiger partial charge in [0.25, 0.3) is 10.2 Å². The quantitative estimate of drug-likeness (QED) is 0.716. The van der Waals surface area contributed by atoms with Crippen LogP contribution in [0.2, 0.25) is 0 Å². The minimum absolute atomic E-state index is 0.613. The largest absolute Gasteiger partial charge is 0.314 e. The summed E-state index contributed by atoms with van der Waals surface area (Å²) in [4.78, 5) is 2.41. The van der Waals surface area contributed by atoms with Crippen molar-refractivity contribution in [3.05, 3.63) is 0 Å². The minimum Gasteiger partial charge on any atom is -0.314 e.